The Kier molecular flexibility index (Phi) is 3.52. The zero-order valence-corrected chi connectivity index (χ0v) is 10.7. The van der Waals surface area contributed by atoms with Gasteiger partial charge < -0.3 is 10.5 Å². The second-order valence-corrected chi connectivity index (χ2v) is 4.13. The molecule has 0 radical (unpaired) electrons. The van der Waals surface area contributed by atoms with Crippen molar-refractivity contribution >= 4 is 23.2 Å². The number of H-pyrrole nitrogens is 1. The van der Waals surface area contributed by atoms with E-state index in [2.05, 4.69) is 9.97 Å². The average Bonchev–Trinajstić information content (AvgIpc) is 2.38. The highest BCUT2D eigenvalue weighted by Gasteiger charge is 2.18. The minimum Gasteiger partial charge on any atom is -0.496 e. The minimum atomic E-state index is -0.618. The van der Waals surface area contributed by atoms with Crippen LogP contribution in [0.5, 0.6) is 5.75 Å². The summed E-state index contributed by atoms with van der Waals surface area (Å²) < 4.78 is 5.09. The summed E-state index contributed by atoms with van der Waals surface area (Å²) in [6.07, 6.45) is 1.12. The topological polar surface area (TPSA) is 98.1 Å². The van der Waals surface area contributed by atoms with Gasteiger partial charge in [0.1, 0.15) is 11.6 Å². The van der Waals surface area contributed by atoms with E-state index in [0.29, 0.717) is 10.8 Å². The van der Waals surface area contributed by atoms with Crippen LogP contribution in [0.15, 0.2) is 29.2 Å². The molecule has 7 heteroatoms. The van der Waals surface area contributed by atoms with Gasteiger partial charge in [0.15, 0.2) is 0 Å². The number of ether oxygens (including phenoxy) is 1. The molecule has 0 spiro atoms. The van der Waals surface area contributed by atoms with Gasteiger partial charge in [-0.05, 0) is 18.2 Å². The van der Waals surface area contributed by atoms with Gasteiger partial charge in [-0.3, -0.25) is 9.78 Å². The Morgan fingerprint density at radius 2 is 2.16 bits per heavy atom. The summed E-state index contributed by atoms with van der Waals surface area (Å²) in [6, 6.07) is 4.64. The quantitative estimate of drug-likeness (QED) is 0.824. The largest absolute Gasteiger partial charge is 0.496 e. The molecule has 0 saturated carbocycles. The molecule has 1 aromatic carbocycles. The predicted molar refractivity (Wildman–Crippen MR) is 70.7 cm³/mol. The van der Waals surface area contributed by atoms with E-state index in [1.165, 1.54) is 13.2 Å². The molecule has 3 N–H and O–H groups in total. The van der Waals surface area contributed by atoms with Crippen molar-refractivity contribution in [2.75, 3.05) is 12.8 Å². The molecule has 1 aromatic heterocycles. The summed E-state index contributed by atoms with van der Waals surface area (Å²) in [5.74, 6) is -0.118. The van der Waals surface area contributed by atoms with Crippen LogP contribution in [-0.4, -0.2) is 22.9 Å². The van der Waals surface area contributed by atoms with Gasteiger partial charge in [-0.15, -0.1) is 0 Å². The number of anilines is 1. The van der Waals surface area contributed by atoms with Crippen molar-refractivity contribution in [3.63, 3.8) is 0 Å². The van der Waals surface area contributed by atoms with E-state index in [1.807, 2.05) is 0 Å². The third kappa shape index (κ3) is 2.58. The average molecular weight is 280 g/mol. The lowest BCUT2D eigenvalue weighted by Gasteiger charge is -2.08. The zero-order valence-electron chi connectivity index (χ0n) is 9.94. The van der Waals surface area contributed by atoms with Crippen molar-refractivity contribution in [1.29, 1.82) is 0 Å². The third-order valence-corrected chi connectivity index (χ3v) is 2.73. The SMILES string of the molecule is COc1ccc(Cl)cc1C(=O)c1cnc(=O)[nH]c1N. The van der Waals surface area contributed by atoms with Crippen LogP contribution in [0.4, 0.5) is 5.82 Å². The molecule has 1 heterocycles. The van der Waals surface area contributed by atoms with E-state index >= 15 is 0 Å². The number of nitrogens with zero attached hydrogens (tertiary/aromatic N) is 1. The molecule has 0 saturated heterocycles. The van der Waals surface area contributed by atoms with Crippen LogP contribution in [0.3, 0.4) is 0 Å². The first-order valence-corrected chi connectivity index (χ1v) is 5.63. The molecule has 0 aliphatic rings. The fourth-order valence-corrected chi connectivity index (χ4v) is 1.76. The molecule has 0 amide bonds. The molecule has 0 fully saturated rings. The number of methoxy groups -OCH3 is 1. The van der Waals surface area contributed by atoms with Gasteiger partial charge in [0.05, 0.1) is 18.2 Å². The van der Waals surface area contributed by atoms with Gasteiger partial charge in [0.25, 0.3) is 0 Å². The maximum absolute atomic E-state index is 12.3. The van der Waals surface area contributed by atoms with Crippen molar-refractivity contribution in [1.82, 2.24) is 9.97 Å². The second kappa shape index (κ2) is 5.11. The highest BCUT2D eigenvalue weighted by atomic mass is 35.5. The summed E-state index contributed by atoms with van der Waals surface area (Å²) in [6.45, 7) is 0. The highest BCUT2D eigenvalue weighted by molar-refractivity contribution is 6.31. The summed E-state index contributed by atoms with van der Waals surface area (Å²) in [7, 11) is 1.44. The fraction of sp³-hybridized carbons (Fsp3) is 0.0833. The first kappa shape index (κ1) is 13.1. The van der Waals surface area contributed by atoms with Gasteiger partial charge in [-0.1, -0.05) is 11.6 Å². The molecule has 2 rings (SSSR count). The maximum atomic E-state index is 12.3. The van der Waals surface area contributed by atoms with Crippen LogP contribution < -0.4 is 16.2 Å². The van der Waals surface area contributed by atoms with Crippen molar-refractivity contribution in [2.24, 2.45) is 0 Å². The van der Waals surface area contributed by atoms with Crippen LogP contribution in [-0.2, 0) is 0 Å². The number of hydrogen-bond donors (Lipinski definition) is 2. The number of carbonyl (C=O) groups excluding carboxylic acids is 1. The predicted octanol–water partition coefficient (Wildman–Crippen LogP) is 1.25. The first-order chi connectivity index (χ1) is 9.02. The number of hydrogen-bond acceptors (Lipinski definition) is 5. The maximum Gasteiger partial charge on any atom is 0.346 e. The number of carbonyl (C=O) groups is 1. The number of halogens is 1. The van der Waals surface area contributed by atoms with Gasteiger partial charge in [0.2, 0.25) is 5.78 Å². The number of nitrogens with two attached hydrogens (primary N) is 1. The lowest BCUT2D eigenvalue weighted by molar-refractivity contribution is 0.103. The van der Waals surface area contributed by atoms with Crippen LogP contribution >= 0.6 is 11.6 Å². The molecule has 0 unspecified atom stereocenters. The lowest BCUT2D eigenvalue weighted by atomic mass is 10.0. The Balaban J connectivity index is 2.55. The zero-order chi connectivity index (χ0) is 14.0. The normalized spacial score (nSPS) is 10.2. The number of aromatic amines is 1. The van der Waals surface area contributed by atoms with E-state index < -0.39 is 11.5 Å². The van der Waals surface area contributed by atoms with E-state index in [-0.39, 0.29) is 16.9 Å². The lowest BCUT2D eigenvalue weighted by Crippen LogP contribution is -2.17. The number of aromatic nitrogens is 2. The van der Waals surface area contributed by atoms with Crippen molar-refractivity contribution < 1.29 is 9.53 Å². The van der Waals surface area contributed by atoms with E-state index in [4.69, 9.17) is 22.1 Å². The molecular weight excluding hydrogens is 270 g/mol. The van der Waals surface area contributed by atoms with Crippen molar-refractivity contribution in [2.45, 2.75) is 0 Å². The number of benzene rings is 1. The minimum absolute atomic E-state index is 0.0490. The molecule has 0 aliphatic carbocycles. The summed E-state index contributed by atoms with van der Waals surface area (Å²) in [4.78, 5) is 29.0. The summed E-state index contributed by atoms with van der Waals surface area (Å²) >= 11 is 5.86. The monoisotopic (exact) mass is 279 g/mol. The number of ketones is 1. The van der Waals surface area contributed by atoms with E-state index in [9.17, 15) is 9.59 Å². The first-order valence-electron chi connectivity index (χ1n) is 5.26. The van der Waals surface area contributed by atoms with E-state index in [1.54, 1.807) is 12.1 Å². The smallest absolute Gasteiger partial charge is 0.346 e. The molecule has 98 valence electrons. The van der Waals surface area contributed by atoms with Gasteiger partial charge in [0, 0.05) is 11.2 Å². The van der Waals surface area contributed by atoms with Crippen LogP contribution in [0.1, 0.15) is 15.9 Å². The Bertz CT molecular complexity index is 697. The number of rotatable bonds is 3. The molecule has 6 nitrogen and oxygen atoms in total. The van der Waals surface area contributed by atoms with Gasteiger partial charge >= 0.3 is 5.69 Å². The Hall–Kier alpha value is -2.34. The van der Waals surface area contributed by atoms with Gasteiger partial charge in [-0.25, -0.2) is 9.78 Å². The van der Waals surface area contributed by atoms with Crippen molar-refractivity contribution in [3.05, 3.63) is 51.0 Å². The summed E-state index contributed by atoms with van der Waals surface area (Å²) in [5.41, 5.74) is 5.31. The molecule has 2 aromatic rings. The molecule has 0 bridgehead atoms. The van der Waals surface area contributed by atoms with Crippen molar-refractivity contribution in [3.8, 4) is 5.75 Å². The van der Waals surface area contributed by atoms with E-state index in [0.717, 1.165) is 6.20 Å². The fourth-order valence-electron chi connectivity index (χ4n) is 1.59. The van der Waals surface area contributed by atoms with Crippen LogP contribution in [0, 0.1) is 0 Å². The standard InChI is InChI=1S/C12H10ClN3O3/c1-19-9-3-2-6(13)4-7(9)10(17)8-5-15-12(18)16-11(8)14/h2-5H,1H3,(H3,14,15,16,18). The molecule has 19 heavy (non-hydrogen) atoms. The molecular formula is C12H10ClN3O3. The third-order valence-electron chi connectivity index (χ3n) is 2.49. The number of nitrogen functional groups attached to an aromatic ring is 1. The summed E-state index contributed by atoms with van der Waals surface area (Å²) in [5, 5.41) is 0.389. The van der Waals surface area contributed by atoms with Gasteiger partial charge in [-0.2, -0.15) is 0 Å². The van der Waals surface area contributed by atoms with Crippen LogP contribution in [0.25, 0.3) is 0 Å². The molecule has 0 aliphatic heterocycles. The Labute approximate surface area is 113 Å². The Morgan fingerprint density at radius 1 is 1.42 bits per heavy atom. The second-order valence-electron chi connectivity index (χ2n) is 3.69. The highest BCUT2D eigenvalue weighted by Crippen LogP contribution is 2.25. The van der Waals surface area contributed by atoms with Crippen LogP contribution in [0.2, 0.25) is 5.02 Å². The molecule has 0 atom stereocenters. The number of nitrogens with one attached hydrogen (secondary N) is 1. The Morgan fingerprint density at radius 3 is 2.79 bits per heavy atom.